The van der Waals surface area contributed by atoms with Gasteiger partial charge in [0.25, 0.3) is 5.56 Å². The van der Waals surface area contributed by atoms with Crippen LogP contribution in [-0.2, 0) is 14.1 Å². The van der Waals surface area contributed by atoms with Crippen molar-refractivity contribution >= 4 is 51.7 Å². The lowest BCUT2D eigenvalue weighted by Crippen LogP contribution is -2.24. The minimum Gasteiger partial charge on any atom is -0.494 e. The van der Waals surface area contributed by atoms with Crippen LogP contribution in [0.5, 0.6) is 5.88 Å². The van der Waals surface area contributed by atoms with E-state index in [1.807, 2.05) is 18.2 Å². The Labute approximate surface area is 140 Å². The molecule has 5 nitrogen and oxygen atoms in total. The van der Waals surface area contributed by atoms with Crippen molar-refractivity contribution in [1.29, 1.82) is 0 Å². The number of hydrogen-bond donors (Lipinski definition) is 1. The molecule has 1 N–H and O–H groups in total. The van der Waals surface area contributed by atoms with Crippen LogP contribution in [0.25, 0.3) is 11.6 Å². The molecule has 0 spiro atoms. The highest BCUT2D eigenvalue weighted by molar-refractivity contribution is 9.10. The predicted octanol–water partition coefficient (Wildman–Crippen LogP) is 3.18. The Morgan fingerprint density at radius 3 is 2.77 bits per heavy atom. The summed E-state index contributed by atoms with van der Waals surface area (Å²) in [4.78, 5) is 16.7. The number of fused-ring (bicyclic) bond motifs is 1. The van der Waals surface area contributed by atoms with Crippen LogP contribution < -0.4 is 5.56 Å². The van der Waals surface area contributed by atoms with E-state index in [1.54, 1.807) is 26.4 Å². The topological polar surface area (TPSA) is 59.5 Å². The summed E-state index contributed by atoms with van der Waals surface area (Å²) < 4.78 is 3.91. The van der Waals surface area contributed by atoms with Crippen molar-refractivity contribution in [2.24, 2.45) is 19.1 Å². The zero-order valence-corrected chi connectivity index (χ0v) is 14.3. The molecule has 1 aromatic heterocycles. The molecule has 1 aromatic carbocycles. The number of benzene rings is 1. The fourth-order valence-corrected chi connectivity index (χ4v) is 2.85. The molecule has 2 heterocycles. The predicted molar refractivity (Wildman–Crippen MR) is 93.3 cm³/mol. The van der Waals surface area contributed by atoms with Crippen LogP contribution in [0.4, 0.5) is 5.69 Å². The van der Waals surface area contributed by atoms with Crippen LogP contribution in [0.3, 0.4) is 0 Å². The number of rotatable bonds is 1. The molecule has 0 fully saturated rings. The molecule has 0 saturated carbocycles. The van der Waals surface area contributed by atoms with E-state index in [-0.39, 0.29) is 21.8 Å². The van der Waals surface area contributed by atoms with Crippen molar-refractivity contribution in [3.63, 3.8) is 0 Å². The molecule has 1 aliphatic heterocycles. The first kappa shape index (κ1) is 14.9. The second-order valence-electron chi connectivity index (χ2n) is 4.96. The monoisotopic (exact) mass is 377 g/mol. The van der Waals surface area contributed by atoms with Gasteiger partial charge in [-0.05, 0) is 36.5 Å². The van der Waals surface area contributed by atoms with E-state index in [4.69, 9.17) is 12.2 Å². The lowest BCUT2D eigenvalue weighted by atomic mass is 10.1. The van der Waals surface area contributed by atoms with Gasteiger partial charge in [0.15, 0.2) is 4.77 Å². The molecule has 2 aromatic rings. The van der Waals surface area contributed by atoms with Crippen LogP contribution in [0.2, 0.25) is 0 Å². The molecule has 0 amide bonds. The molecular formula is C15H12BrN3O2S. The van der Waals surface area contributed by atoms with Crippen molar-refractivity contribution in [2.45, 2.75) is 0 Å². The summed E-state index contributed by atoms with van der Waals surface area (Å²) in [5.74, 6) is -0.155. The smallest absolute Gasteiger partial charge is 0.265 e. The van der Waals surface area contributed by atoms with Crippen LogP contribution in [0.15, 0.2) is 32.5 Å². The minimum absolute atomic E-state index is 0.155. The van der Waals surface area contributed by atoms with E-state index in [2.05, 4.69) is 20.9 Å². The third kappa shape index (κ3) is 2.26. The average Bonchev–Trinajstić information content (AvgIpc) is 2.90. The van der Waals surface area contributed by atoms with Crippen LogP contribution in [0.1, 0.15) is 11.1 Å². The van der Waals surface area contributed by atoms with E-state index in [1.165, 1.54) is 9.13 Å². The van der Waals surface area contributed by atoms with Gasteiger partial charge in [-0.15, -0.1) is 0 Å². The first-order valence-electron chi connectivity index (χ1n) is 6.45. The van der Waals surface area contributed by atoms with Gasteiger partial charge in [0.2, 0.25) is 5.88 Å². The molecule has 0 aliphatic carbocycles. The SMILES string of the molecule is Cn1c(O)c(/C=C2\C=Nc3ccc(Br)cc32)c(=O)n(C)c1=S. The maximum Gasteiger partial charge on any atom is 0.265 e. The van der Waals surface area contributed by atoms with Gasteiger partial charge in [0, 0.05) is 35.9 Å². The van der Waals surface area contributed by atoms with Crippen molar-refractivity contribution in [1.82, 2.24) is 9.13 Å². The molecular weight excluding hydrogens is 366 g/mol. The van der Waals surface area contributed by atoms with E-state index in [0.29, 0.717) is 0 Å². The summed E-state index contributed by atoms with van der Waals surface area (Å²) >= 11 is 8.53. The number of hydrogen-bond acceptors (Lipinski definition) is 4. The number of aromatic hydroxyl groups is 1. The molecule has 3 rings (SSSR count). The Balaban J connectivity index is 2.26. The van der Waals surface area contributed by atoms with Crippen LogP contribution in [0, 0.1) is 4.77 Å². The van der Waals surface area contributed by atoms with Gasteiger partial charge in [0.1, 0.15) is 5.56 Å². The fraction of sp³-hybridized carbons (Fsp3) is 0.133. The van der Waals surface area contributed by atoms with Crippen molar-refractivity contribution < 1.29 is 5.11 Å². The number of halogens is 1. The van der Waals surface area contributed by atoms with Crippen molar-refractivity contribution in [3.05, 3.63) is 48.9 Å². The zero-order valence-electron chi connectivity index (χ0n) is 11.9. The average molecular weight is 378 g/mol. The Morgan fingerprint density at radius 2 is 2.05 bits per heavy atom. The van der Waals surface area contributed by atoms with Gasteiger partial charge in [-0.3, -0.25) is 18.9 Å². The standard InChI is InChI=1S/C15H12BrN3O2S/c1-18-13(20)11(14(21)19(2)15(18)22)5-8-7-17-12-4-3-9(16)6-10(8)12/h3-7,20H,1-2H3/b8-5+. The summed E-state index contributed by atoms with van der Waals surface area (Å²) in [7, 11) is 3.20. The molecule has 0 saturated heterocycles. The maximum atomic E-state index is 12.4. The highest BCUT2D eigenvalue weighted by Crippen LogP contribution is 2.35. The molecule has 0 radical (unpaired) electrons. The Kier molecular flexibility index (Phi) is 3.62. The van der Waals surface area contributed by atoms with Crippen molar-refractivity contribution in [2.75, 3.05) is 0 Å². The third-order valence-corrected chi connectivity index (χ3v) is 4.62. The fourth-order valence-electron chi connectivity index (χ4n) is 2.32. The lowest BCUT2D eigenvalue weighted by molar-refractivity contribution is 0.414. The van der Waals surface area contributed by atoms with E-state index in [9.17, 15) is 9.90 Å². The Hall–Kier alpha value is -1.99. The first-order chi connectivity index (χ1) is 10.4. The van der Waals surface area contributed by atoms with E-state index >= 15 is 0 Å². The highest BCUT2D eigenvalue weighted by Gasteiger charge is 2.16. The molecule has 22 heavy (non-hydrogen) atoms. The normalized spacial score (nSPS) is 14.6. The lowest BCUT2D eigenvalue weighted by Gasteiger charge is -2.10. The number of allylic oxidation sites excluding steroid dienone is 1. The van der Waals surface area contributed by atoms with Crippen LogP contribution in [-0.4, -0.2) is 20.5 Å². The van der Waals surface area contributed by atoms with E-state index in [0.717, 1.165) is 21.3 Å². The quantitative estimate of drug-likeness (QED) is 0.776. The van der Waals surface area contributed by atoms with Gasteiger partial charge in [0.05, 0.1) is 5.69 Å². The number of aromatic nitrogens is 2. The summed E-state index contributed by atoms with van der Waals surface area (Å²) in [6.07, 6.45) is 3.31. The van der Waals surface area contributed by atoms with Gasteiger partial charge < -0.3 is 5.11 Å². The maximum absolute atomic E-state index is 12.4. The first-order valence-corrected chi connectivity index (χ1v) is 7.65. The molecule has 1 aliphatic rings. The molecule has 0 atom stereocenters. The molecule has 7 heteroatoms. The van der Waals surface area contributed by atoms with Crippen LogP contribution >= 0.6 is 28.1 Å². The van der Waals surface area contributed by atoms with Crippen molar-refractivity contribution in [3.8, 4) is 5.88 Å². The van der Waals surface area contributed by atoms with Gasteiger partial charge in [-0.25, -0.2) is 0 Å². The van der Waals surface area contributed by atoms with E-state index < -0.39 is 0 Å². The molecule has 112 valence electrons. The summed E-state index contributed by atoms with van der Waals surface area (Å²) in [5, 5.41) is 10.2. The Bertz CT molecular complexity index is 970. The van der Waals surface area contributed by atoms with Gasteiger partial charge >= 0.3 is 0 Å². The summed E-state index contributed by atoms with van der Waals surface area (Å²) in [6, 6.07) is 5.72. The summed E-state index contributed by atoms with van der Waals surface area (Å²) in [5.41, 5.74) is 2.34. The second-order valence-corrected chi connectivity index (χ2v) is 6.24. The van der Waals surface area contributed by atoms with Gasteiger partial charge in [-0.2, -0.15) is 0 Å². The summed E-state index contributed by atoms with van der Waals surface area (Å²) in [6.45, 7) is 0. The second kappa shape index (κ2) is 5.33. The largest absolute Gasteiger partial charge is 0.494 e. The molecule has 0 bridgehead atoms. The third-order valence-electron chi connectivity index (χ3n) is 3.58. The number of aliphatic imine (C=N–C) groups is 1. The minimum atomic E-state index is -0.343. The number of nitrogens with zero attached hydrogens (tertiary/aromatic N) is 3. The zero-order chi connectivity index (χ0) is 16.0. The molecule has 0 unspecified atom stereocenters. The van der Waals surface area contributed by atoms with Gasteiger partial charge in [-0.1, -0.05) is 15.9 Å². The highest BCUT2D eigenvalue weighted by atomic mass is 79.9. The Morgan fingerprint density at radius 1 is 1.32 bits per heavy atom.